The summed E-state index contributed by atoms with van der Waals surface area (Å²) in [6.45, 7) is 3.64. The molecule has 10 heteroatoms. The summed E-state index contributed by atoms with van der Waals surface area (Å²) in [6.07, 6.45) is 21.5. The topological polar surface area (TPSA) is 169 Å². The maximum atomic E-state index is 13.0. The van der Waals surface area contributed by atoms with Crippen molar-refractivity contribution < 1.29 is 44.9 Å². The second kappa shape index (κ2) is 31.7. The van der Waals surface area contributed by atoms with Crippen LogP contribution in [0.2, 0.25) is 0 Å². The zero-order valence-electron chi connectivity index (χ0n) is 32.0. The van der Waals surface area contributed by atoms with E-state index in [1.165, 1.54) is 116 Å². The van der Waals surface area contributed by atoms with Crippen molar-refractivity contribution in [3.63, 3.8) is 0 Å². The first-order chi connectivity index (χ1) is 24.3. The molecule has 1 aliphatic rings. The highest BCUT2D eigenvalue weighted by Gasteiger charge is 2.44. The van der Waals surface area contributed by atoms with Crippen LogP contribution in [0.3, 0.4) is 0 Å². The summed E-state index contributed by atoms with van der Waals surface area (Å²) >= 11 is 0. The summed E-state index contributed by atoms with van der Waals surface area (Å²) in [5, 5.41) is 64.5. The molecule has 50 heavy (non-hydrogen) atoms. The van der Waals surface area contributed by atoms with Crippen LogP contribution in [0, 0.1) is 0 Å². The van der Waals surface area contributed by atoms with Gasteiger partial charge in [0.1, 0.15) is 30.5 Å². The quantitative estimate of drug-likeness (QED) is 0.0364. The van der Waals surface area contributed by atoms with Gasteiger partial charge in [-0.25, -0.2) is 0 Å². The second-order valence-electron chi connectivity index (χ2n) is 14.9. The number of ether oxygens (including phenoxy) is 2. The van der Waals surface area contributed by atoms with Crippen LogP contribution in [0.15, 0.2) is 0 Å². The van der Waals surface area contributed by atoms with Crippen molar-refractivity contribution in [1.82, 2.24) is 5.32 Å². The maximum absolute atomic E-state index is 13.0. The van der Waals surface area contributed by atoms with Crippen LogP contribution < -0.4 is 5.32 Å². The van der Waals surface area contributed by atoms with Crippen LogP contribution in [0.1, 0.15) is 187 Å². The Morgan fingerprint density at radius 1 is 0.600 bits per heavy atom. The number of unbranched alkanes of at least 4 members (excludes halogenated alkanes) is 23. The van der Waals surface area contributed by atoms with E-state index in [-0.39, 0.29) is 6.61 Å². The number of aliphatic hydroxyl groups excluding tert-OH is 6. The first-order valence-electron chi connectivity index (χ1n) is 20.8. The van der Waals surface area contributed by atoms with Crippen LogP contribution in [-0.2, 0) is 14.3 Å². The third-order valence-corrected chi connectivity index (χ3v) is 10.3. The lowest BCUT2D eigenvalue weighted by molar-refractivity contribution is -0.302. The average molecular weight is 718 g/mol. The Labute approximate surface area is 305 Å². The molecule has 10 nitrogen and oxygen atoms in total. The normalized spacial score (nSPS) is 22.8. The lowest BCUT2D eigenvalue weighted by atomic mass is 9.99. The van der Waals surface area contributed by atoms with E-state index in [1.807, 2.05) is 0 Å². The Hall–Kier alpha value is -0.850. The number of rotatable bonds is 34. The molecule has 0 aliphatic carbocycles. The van der Waals surface area contributed by atoms with Gasteiger partial charge in [-0.3, -0.25) is 4.79 Å². The van der Waals surface area contributed by atoms with Gasteiger partial charge in [0.2, 0.25) is 5.91 Å². The molecule has 8 unspecified atom stereocenters. The Bertz CT molecular complexity index is 773. The van der Waals surface area contributed by atoms with Gasteiger partial charge in [-0.15, -0.1) is 0 Å². The monoisotopic (exact) mass is 718 g/mol. The highest BCUT2D eigenvalue weighted by Crippen LogP contribution is 2.23. The molecule has 0 aromatic heterocycles. The van der Waals surface area contributed by atoms with E-state index in [1.54, 1.807) is 0 Å². The van der Waals surface area contributed by atoms with Gasteiger partial charge in [0, 0.05) is 0 Å². The van der Waals surface area contributed by atoms with Crippen molar-refractivity contribution in [2.24, 2.45) is 0 Å². The number of hydrogen-bond acceptors (Lipinski definition) is 9. The van der Waals surface area contributed by atoms with Crippen LogP contribution >= 0.6 is 0 Å². The summed E-state index contributed by atoms with van der Waals surface area (Å²) < 4.78 is 11.1. The van der Waals surface area contributed by atoms with E-state index < -0.39 is 61.5 Å². The van der Waals surface area contributed by atoms with Crippen LogP contribution in [0.25, 0.3) is 0 Å². The van der Waals surface area contributed by atoms with Crippen molar-refractivity contribution in [3.8, 4) is 0 Å². The van der Waals surface area contributed by atoms with Gasteiger partial charge in [-0.05, 0) is 12.8 Å². The lowest BCUT2D eigenvalue weighted by Crippen LogP contribution is -2.60. The van der Waals surface area contributed by atoms with Crippen molar-refractivity contribution in [1.29, 1.82) is 0 Å². The first-order valence-corrected chi connectivity index (χ1v) is 20.8. The van der Waals surface area contributed by atoms with E-state index in [9.17, 15) is 35.4 Å². The summed E-state index contributed by atoms with van der Waals surface area (Å²) in [7, 11) is 0. The van der Waals surface area contributed by atoms with Gasteiger partial charge < -0.3 is 45.4 Å². The van der Waals surface area contributed by atoms with Gasteiger partial charge in [0.05, 0.1) is 25.4 Å². The van der Waals surface area contributed by atoms with E-state index in [2.05, 4.69) is 19.2 Å². The predicted octanol–water partition coefficient (Wildman–Crippen LogP) is 6.58. The van der Waals surface area contributed by atoms with Crippen LogP contribution in [0.5, 0.6) is 0 Å². The summed E-state index contributed by atoms with van der Waals surface area (Å²) in [4.78, 5) is 13.0. The first kappa shape index (κ1) is 47.2. The van der Waals surface area contributed by atoms with E-state index in [4.69, 9.17) is 9.47 Å². The van der Waals surface area contributed by atoms with Gasteiger partial charge in [0.15, 0.2) is 6.29 Å². The third-order valence-electron chi connectivity index (χ3n) is 10.3. The smallest absolute Gasteiger partial charge is 0.249 e. The van der Waals surface area contributed by atoms with Crippen molar-refractivity contribution in [2.45, 2.75) is 236 Å². The Morgan fingerprint density at radius 2 is 1.00 bits per heavy atom. The number of carbonyl (C=O) groups is 1. The van der Waals surface area contributed by atoms with Crippen molar-refractivity contribution >= 4 is 5.91 Å². The summed E-state index contributed by atoms with van der Waals surface area (Å²) in [5.41, 5.74) is 0. The minimum absolute atomic E-state index is 0.251. The molecular weight excluding hydrogens is 638 g/mol. The van der Waals surface area contributed by atoms with E-state index in [0.29, 0.717) is 12.8 Å². The van der Waals surface area contributed by atoms with Crippen LogP contribution in [0.4, 0.5) is 0 Å². The average Bonchev–Trinajstić information content (AvgIpc) is 3.11. The molecule has 1 heterocycles. The molecule has 0 spiro atoms. The van der Waals surface area contributed by atoms with E-state index in [0.717, 1.165) is 44.9 Å². The molecule has 0 saturated carbocycles. The molecular formula is C40H79NO9. The molecule has 1 fully saturated rings. The fraction of sp³-hybridized carbons (Fsp3) is 0.975. The zero-order chi connectivity index (χ0) is 36.8. The molecule has 7 N–H and O–H groups in total. The molecule has 1 saturated heterocycles. The number of aliphatic hydroxyl groups is 6. The highest BCUT2D eigenvalue weighted by molar-refractivity contribution is 5.80. The molecule has 1 rings (SSSR count). The molecule has 0 aromatic carbocycles. The minimum Gasteiger partial charge on any atom is -0.394 e. The summed E-state index contributed by atoms with van der Waals surface area (Å²) in [6, 6.07) is -0.885. The second-order valence-corrected chi connectivity index (χ2v) is 14.9. The fourth-order valence-electron chi connectivity index (χ4n) is 6.81. The summed E-state index contributed by atoms with van der Waals surface area (Å²) in [5.74, 6) is -0.583. The lowest BCUT2D eigenvalue weighted by Gasteiger charge is -2.40. The molecule has 0 radical (unpaired) electrons. The fourth-order valence-corrected chi connectivity index (χ4v) is 6.81. The molecule has 0 aromatic rings. The van der Waals surface area contributed by atoms with Gasteiger partial charge >= 0.3 is 0 Å². The van der Waals surface area contributed by atoms with Gasteiger partial charge in [0.25, 0.3) is 0 Å². The van der Waals surface area contributed by atoms with Gasteiger partial charge in [-0.1, -0.05) is 174 Å². The third kappa shape index (κ3) is 22.3. The Kier molecular flexibility index (Phi) is 29.9. The maximum Gasteiger partial charge on any atom is 0.249 e. The minimum atomic E-state index is -1.59. The molecule has 1 amide bonds. The predicted molar refractivity (Wildman–Crippen MR) is 200 cm³/mol. The number of carbonyl (C=O) groups excluding carboxylic acids is 1. The van der Waals surface area contributed by atoms with Crippen molar-refractivity contribution in [2.75, 3.05) is 13.2 Å². The number of hydrogen-bond donors (Lipinski definition) is 7. The molecule has 8 atom stereocenters. The molecule has 0 bridgehead atoms. The SMILES string of the molecule is CCCCCCCCCCCCCCCC(O)C(COC1OC(CO)C(O)C(O)C1O)NC(=O)C(O)CCCCCCCCCCCCCC. The van der Waals surface area contributed by atoms with Crippen LogP contribution in [-0.4, -0.2) is 98.7 Å². The van der Waals surface area contributed by atoms with Gasteiger partial charge in [-0.2, -0.15) is 0 Å². The number of amides is 1. The highest BCUT2D eigenvalue weighted by atomic mass is 16.7. The number of nitrogens with one attached hydrogen (secondary N) is 1. The largest absolute Gasteiger partial charge is 0.394 e. The van der Waals surface area contributed by atoms with Crippen molar-refractivity contribution in [3.05, 3.63) is 0 Å². The van der Waals surface area contributed by atoms with E-state index >= 15 is 0 Å². The molecule has 1 aliphatic heterocycles. The zero-order valence-corrected chi connectivity index (χ0v) is 32.0. The Morgan fingerprint density at radius 3 is 1.42 bits per heavy atom. The Balaban J connectivity index is 2.45. The standard InChI is InChI=1S/C40H79NO9/c1-3-5-7-9-11-13-15-17-19-20-22-24-26-28-33(43)32(31-49-40-38(47)37(46)36(45)35(30-42)50-40)41-39(48)34(44)29-27-25-23-21-18-16-14-12-10-8-6-4-2/h32-38,40,42-47H,3-31H2,1-2H3,(H,41,48). The molecule has 298 valence electrons.